The summed E-state index contributed by atoms with van der Waals surface area (Å²) in [4.78, 5) is 21.4. The Morgan fingerprint density at radius 2 is 2.00 bits per heavy atom. The van der Waals surface area contributed by atoms with E-state index in [1.165, 1.54) is 0 Å². The summed E-state index contributed by atoms with van der Waals surface area (Å²) in [6.07, 6.45) is 1.71. The Labute approximate surface area is 168 Å². The molecular formula is C20H23ClN6O. The lowest BCUT2D eigenvalue weighted by Gasteiger charge is -2.36. The first-order valence-electron chi connectivity index (χ1n) is 9.36. The Morgan fingerprint density at radius 1 is 1.21 bits per heavy atom. The lowest BCUT2D eigenvalue weighted by Crippen LogP contribution is -2.49. The smallest absolute Gasteiger partial charge is 0.244 e. The van der Waals surface area contributed by atoms with Crippen molar-refractivity contribution in [2.75, 3.05) is 31.1 Å². The van der Waals surface area contributed by atoms with Crippen LogP contribution in [-0.2, 0) is 17.9 Å². The fourth-order valence-corrected chi connectivity index (χ4v) is 3.72. The number of carbonyl (C=O) groups is 1. The fourth-order valence-electron chi connectivity index (χ4n) is 3.60. The van der Waals surface area contributed by atoms with Gasteiger partial charge in [0.1, 0.15) is 6.54 Å². The number of carbonyl (C=O) groups excluding carboxylic acids is 1. The molecule has 8 heteroatoms. The van der Waals surface area contributed by atoms with Gasteiger partial charge < -0.3 is 15.5 Å². The summed E-state index contributed by atoms with van der Waals surface area (Å²) in [5, 5.41) is 6.16. The van der Waals surface area contributed by atoms with Crippen molar-refractivity contribution < 1.29 is 4.79 Å². The Bertz CT molecular complexity index is 1010. The number of benzene rings is 1. The Morgan fingerprint density at radius 3 is 2.71 bits per heavy atom. The lowest BCUT2D eigenvalue weighted by atomic mass is 10.2. The van der Waals surface area contributed by atoms with Gasteiger partial charge in [-0.25, -0.2) is 9.67 Å². The predicted octanol–water partition coefficient (Wildman–Crippen LogP) is 2.20. The molecule has 28 heavy (non-hydrogen) atoms. The van der Waals surface area contributed by atoms with Gasteiger partial charge in [-0.1, -0.05) is 11.6 Å². The molecule has 0 radical (unpaired) electrons. The van der Waals surface area contributed by atoms with E-state index in [1.807, 2.05) is 36.1 Å². The monoisotopic (exact) mass is 398 g/mol. The maximum atomic E-state index is 12.8. The number of fused-ring (bicyclic) bond motifs is 1. The zero-order valence-corrected chi connectivity index (χ0v) is 16.6. The molecule has 1 aromatic carbocycles. The number of aryl methyl sites for hydroxylation is 1. The second-order valence-corrected chi connectivity index (χ2v) is 7.39. The fraction of sp³-hybridized carbons (Fsp3) is 0.350. The van der Waals surface area contributed by atoms with E-state index < -0.39 is 0 Å². The third kappa shape index (κ3) is 3.55. The molecule has 0 aliphatic carbocycles. The van der Waals surface area contributed by atoms with E-state index in [2.05, 4.69) is 21.0 Å². The number of piperazine rings is 1. The van der Waals surface area contributed by atoms with Gasteiger partial charge in [-0.2, -0.15) is 5.10 Å². The van der Waals surface area contributed by atoms with Gasteiger partial charge in [-0.05, 0) is 42.8 Å². The van der Waals surface area contributed by atoms with Crippen LogP contribution in [0.1, 0.15) is 11.3 Å². The van der Waals surface area contributed by atoms with Gasteiger partial charge in [0.05, 0.1) is 5.69 Å². The molecule has 1 aliphatic rings. The van der Waals surface area contributed by atoms with Crippen molar-refractivity contribution >= 4 is 34.2 Å². The first-order chi connectivity index (χ1) is 13.6. The normalized spacial score (nSPS) is 14.7. The number of amides is 1. The molecule has 0 spiro atoms. The van der Waals surface area contributed by atoms with E-state index in [1.54, 1.807) is 10.9 Å². The van der Waals surface area contributed by atoms with Crippen LogP contribution in [0.2, 0.25) is 5.02 Å². The van der Waals surface area contributed by atoms with Crippen LogP contribution in [0.15, 0.2) is 36.5 Å². The molecule has 1 saturated heterocycles. The van der Waals surface area contributed by atoms with Gasteiger partial charge in [-0.3, -0.25) is 4.79 Å². The van der Waals surface area contributed by atoms with Gasteiger partial charge in [-0.15, -0.1) is 0 Å². The number of aromatic nitrogens is 3. The summed E-state index contributed by atoms with van der Waals surface area (Å²) < 4.78 is 1.66. The zero-order valence-electron chi connectivity index (χ0n) is 15.8. The van der Waals surface area contributed by atoms with Crippen LogP contribution in [0, 0.1) is 6.92 Å². The largest absolute Gasteiger partial charge is 0.368 e. The van der Waals surface area contributed by atoms with Crippen molar-refractivity contribution in [2.45, 2.75) is 20.0 Å². The average molecular weight is 399 g/mol. The van der Waals surface area contributed by atoms with Crippen molar-refractivity contribution in [1.82, 2.24) is 19.7 Å². The SMILES string of the molecule is Cc1cc(N2CCN(C(=O)Cn3nc(CN)c4cccnc43)CC2)ccc1Cl. The number of nitrogens with two attached hydrogens (primary N) is 1. The van der Waals surface area contributed by atoms with Crippen LogP contribution >= 0.6 is 11.6 Å². The molecule has 0 bridgehead atoms. The minimum atomic E-state index is 0.0468. The molecule has 3 aromatic rings. The van der Waals surface area contributed by atoms with E-state index >= 15 is 0 Å². The second-order valence-electron chi connectivity index (χ2n) is 6.98. The maximum absolute atomic E-state index is 12.8. The molecular weight excluding hydrogens is 376 g/mol. The highest BCUT2D eigenvalue weighted by atomic mass is 35.5. The van der Waals surface area contributed by atoms with Gasteiger partial charge in [0.2, 0.25) is 5.91 Å². The minimum absolute atomic E-state index is 0.0468. The number of hydrogen-bond acceptors (Lipinski definition) is 5. The van der Waals surface area contributed by atoms with Crippen LogP contribution in [0.4, 0.5) is 5.69 Å². The first-order valence-corrected chi connectivity index (χ1v) is 9.74. The molecule has 2 aromatic heterocycles. The quantitative estimate of drug-likeness (QED) is 0.728. The summed E-state index contributed by atoms with van der Waals surface area (Å²) in [6.45, 7) is 5.44. The molecule has 0 saturated carbocycles. The highest BCUT2D eigenvalue weighted by Crippen LogP contribution is 2.23. The van der Waals surface area contributed by atoms with Crippen molar-refractivity contribution in [2.24, 2.45) is 5.73 Å². The summed E-state index contributed by atoms with van der Waals surface area (Å²) >= 11 is 6.12. The third-order valence-corrected chi connectivity index (χ3v) is 5.63. The van der Waals surface area contributed by atoms with Gasteiger partial charge in [0, 0.05) is 55.0 Å². The Kier molecular flexibility index (Phi) is 5.19. The molecule has 0 atom stereocenters. The van der Waals surface area contributed by atoms with E-state index in [4.69, 9.17) is 17.3 Å². The van der Waals surface area contributed by atoms with Gasteiger partial charge >= 0.3 is 0 Å². The summed E-state index contributed by atoms with van der Waals surface area (Å²) in [5.41, 5.74) is 9.45. The van der Waals surface area contributed by atoms with Crippen LogP contribution < -0.4 is 10.6 Å². The van der Waals surface area contributed by atoms with Gasteiger partial charge in [0.15, 0.2) is 5.65 Å². The standard InChI is InChI=1S/C20H23ClN6O/c1-14-11-15(4-5-17(14)21)25-7-9-26(10-8-25)19(28)13-27-20-16(3-2-6-23-20)18(12-22)24-27/h2-6,11H,7-10,12-13,22H2,1H3. The number of nitrogens with zero attached hydrogens (tertiary/aromatic N) is 5. The summed E-state index contributed by atoms with van der Waals surface area (Å²) in [5.74, 6) is 0.0468. The molecule has 0 unspecified atom stereocenters. The van der Waals surface area contributed by atoms with E-state index in [0.29, 0.717) is 25.3 Å². The van der Waals surface area contributed by atoms with E-state index in [9.17, 15) is 4.79 Å². The van der Waals surface area contributed by atoms with Crippen LogP contribution in [0.3, 0.4) is 0 Å². The zero-order chi connectivity index (χ0) is 19.7. The molecule has 146 valence electrons. The highest BCUT2D eigenvalue weighted by Gasteiger charge is 2.23. The Hall–Kier alpha value is -2.64. The topological polar surface area (TPSA) is 80.3 Å². The number of rotatable bonds is 4. The van der Waals surface area contributed by atoms with Crippen molar-refractivity contribution in [1.29, 1.82) is 0 Å². The summed E-state index contributed by atoms with van der Waals surface area (Å²) in [6, 6.07) is 9.84. The molecule has 1 amide bonds. The predicted molar refractivity (Wildman–Crippen MR) is 110 cm³/mol. The highest BCUT2D eigenvalue weighted by molar-refractivity contribution is 6.31. The van der Waals surface area contributed by atoms with Crippen LogP contribution in [0.5, 0.6) is 0 Å². The van der Waals surface area contributed by atoms with Crippen molar-refractivity contribution in [3.63, 3.8) is 0 Å². The molecule has 1 aliphatic heterocycles. The van der Waals surface area contributed by atoms with Crippen LogP contribution in [-0.4, -0.2) is 51.8 Å². The van der Waals surface area contributed by atoms with E-state index in [0.717, 1.165) is 40.4 Å². The molecule has 4 rings (SSSR count). The number of anilines is 1. The molecule has 1 fully saturated rings. The van der Waals surface area contributed by atoms with E-state index in [-0.39, 0.29) is 12.5 Å². The summed E-state index contributed by atoms with van der Waals surface area (Å²) in [7, 11) is 0. The average Bonchev–Trinajstić information content (AvgIpc) is 3.08. The number of halogens is 1. The Balaban J connectivity index is 1.43. The van der Waals surface area contributed by atoms with Crippen LogP contribution in [0.25, 0.3) is 11.0 Å². The number of hydrogen-bond donors (Lipinski definition) is 1. The lowest BCUT2D eigenvalue weighted by molar-refractivity contribution is -0.132. The van der Waals surface area contributed by atoms with Crippen molar-refractivity contribution in [3.05, 3.63) is 52.8 Å². The maximum Gasteiger partial charge on any atom is 0.244 e. The first kappa shape index (κ1) is 18.7. The van der Waals surface area contributed by atoms with Gasteiger partial charge in [0.25, 0.3) is 0 Å². The second kappa shape index (κ2) is 7.77. The van der Waals surface area contributed by atoms with Crippen molar-refractivity contribution in [3.8, 4) is 0 Å². The minimum Gasteiger partial charge on any atom is -0.368 e. The molecule has 7 nitrogen and oxygen atoms in total. The molecule has 2 N–H and O–H groups in total. The number of pyridine rings is 1. The molecule has 3 heterocycles. The third-order valence-electron chi connectivity index (χ3n) is 5.20.